The Labute approximate surface area is 135 Å². The Balaban J connectivity index is 1.72. The van der Waals surface area contributed by atoms with Crippen LogP contribution in [-0.2, 0) is 11.3 Å². The first kappa shape index (κ1) is 15.4. The fourth-order valence-corrected chi connectivity index (χ4v) is 3.02. The van der Waals surface area contributed by atoms with E-state index in [1.165, 1.54) is 6.42 Å². The number of nitrogens with zero attached hydrogens (tertiary/aromatic N) is 2. The fourth-order valence-electron chi connectivity index (χ4n) is 3.02. The second-order valence-corrected chi connectivity index (χ2v) is 5.88. The number of aromatic nitrogens is 2. The molecule has 23 heavy (non-hydrogen) atoms. The van der Waals surface area contributed by atoms with Gasteiger partial charge < -0.3 is 10.5 Å². The normalized spacial score (nSPS) is 15.3. The van der Waals surface area contributed by atoms with Gasteiger partial charge in [0.1, 0.15) is 18.2 Å². The minimum atomic E-state index is -0.357. The molecule has 6 nitrogen and oxygen atoms in total. The molecule has 0 atom stereocenters. The summed E-state index contributed by atoms with van der Waals surface area (Å²) in [5.41, 5.74) is 6.66. The van der Waals surface area contributed by atoms with Gasteiger partial charge in [0.15, 0.2) is 0 Å². The Morgan fingerprint density at radius 3 is 2.65 bits per heavy atom. The summed E-state index contributed by atoms with van der Waals surface area (Å²) in [6.45, 7) is 0.256. The van der Waals surface area contributed by atoms with Gasteiger partial charge >= 0.3 is 6.09 Å². The molecule has 6 heteroatoms. The van der Waals surface area contributed by atoms with Crippen molar-refractivity contribution in [3.8, 4) is 0 Å². The standard InChI is InChI=1S/C17H22N4O2/c18-15-11-16(20-19-15)21(14-9-5-2-6-10-14)17(22)23-12-13-7-3-1-4-8-13/h1,3-4,7-8,11,14H,2,5-6,9-10,12H2,(H3,18,19,20). The molecule has 1 aliphatic rings. The molecule has 1 heterocycles. The molecule has 3 N–H and O–H groups in total. The van der Waals surface area contributed by atoms with Crippen molar-refractivity contribution in [2.45, 2.75) is 44.8 Å². The maximum Gasteiger partial charge on any atom is 0.416 e. The van der Waals surface area contributed by atoms with Crippen LogP contribution in [0.25, 0.3) is 0 Å². The van der Waals surface area contributed by atoms with Crippen molar-refractivity contribution in [1.29, 1.82) is 0 Å². The highest BCUT2D eigenvalue weighted by molar-refractivity contribution is 5.87. The van der Waals surface area contributed by atoms with Crippen LogP contribution in [0.15, 0.2) is 36.4 Å². The van der Waals surface area contributed by atoms with E-state index in [1.807, 2.05) is 30.3 Å². The summed E-state index contributed by atoms with van der Waals surface area (Å²) < 4.78 is 5.51. The summed E-state index contributed by atoms with van der Waals surface area (Å²) in [5, 5.41) is 6.77. The van der Waals surface area contributed by atoms with Gasteiger partial charge in [0.05, 0.1) is 0 Å². The van der Waals surface area contributed by atoms with E-state index in [1.54, 1.807) is 11.0 Å². The summed E-state index contributed by atoms with van der Waals surface area (Å²) in [7, 11) is 0. The number of carbonyl (C=O) groups excluding carboxylic acids is 1. The number of rotatable bonds is 4. The molecule has 0 saturated heterocycles. The van der Waals surface area contributed by atoms with Crippen LogP contribution in [0.1, 0.15) is 37.7 Å². The number of carbonyl (C=O) groups is 1. The third-order valence-corrected chi connectivity index (χ3v) is 4.19. The topological polar surface area (TPSA) is 84.2 Å². The van der Waals surface area contributed by atoms with Crippen molar-refractivity contribution >= 4 is 17.7 Å². The molecule has 2 aromatic rings. The highest BCUT2D eigenvalue weighted by atomic mass is 16.6. The molecule has 0 spiro atoms. The van der Waals surface area contributed by atoms with Crippen molar-refractivity contribution in [1.82, 2.24) is 10.2 Å². The molecular weight excluding hydrogens is 292 g/mol. The van der Waals surface area contributed by atoms with Crippen LogP contribution in [0.5, 0.6) is 0 Å². The minimum absolute atomic E-state index is 0.131. The van der Waals surface area contributed by atoms with Gasteiger partial charge in [-0.3, -0.25) is 10.00 Å². The van der Waals surface area contributed by atoms with Crippen LogP contribution in [0.4, 0.5) is 16.4 Å². The van der Waals surface area contributed by atoms with Crippen molar-refractivity contribution < 1.29 is 9.53 Å². The van der Waals surface area contributed by atoms with Crippen LogP contribution in [0.3, 0.4) is 0 Å². The number of aromatic amines is 1. The summed E-state index contributed by atoms with van der Waals surface area (Å²) >= 11 is 0. The quantitative estimate of drug-likeness (QED) is 0.905. The number of nitrogens with two attached hydrogens (primary N) is 1. The van der Waals surface area contributed by atoms with E-state index in [4.69, 9.17) is 10.5 Å². The number of anilines is 2. The van der Waals surface area contributed by atoms with Crippen molar-refractivity contribution in [3.05, 3.63) is 42.0 Å². The van der Waals surface area contributed by atoms with Gasteiger partial charge in [-0.2, -0.15) is 5.10 Å². The molecule has 1 fully saturated rings. The van der Waals surface area contributed by atoms with Crippen LogP contribution in [0, 0.1) is 0 Å². The molecular formula is C17H22N4O2. The number of H-pyrrole nitrogens is 1. The first-order valence-electron chi connectivity index (χ1n) is 8.05. The molecule has 1 aromatic carbocycles. The van der Waals surface area contributed by atoms with Crippen LogP contribution < -0.4 is 10.6 Å². The van der Waals surface area contributed by atoms with Gasteiger partial charge in [-0.1, -0.05) is 49.6 Å². The Kier molecular flexibility index (Phi) is 4.80. The lowest BCUT2D eigenvalue weighted by molar-refractivity contribution is 0.142. The Hall–Kier alpha value is -2.50. The van der Waals surface area contributed by atoms with Crippen molar-refractivity contribution in [2.24, 2.45) is 0 Å². The van der Waals surface area contributed by atoms with Crippen molar-refractivity contribution in [2.75, 3.05) is 10.6 Å². The number of hydrogen-bond donors (Lipinski definition) is 2. The predicted molar refractivity (Wildman–Crippen MR) is 89.0 cm³/mol. The van der Waals surface area contributed by atoms with Gasteiger partial charge in [-0.15, -0.1) is 0 Å². The fraction of sp³-hybridized carbons (Fsp3) is 0.412. The zero-order valence-electron chi connectivity index (χ0n) is 13.1. The molecule has 0 unspecified atom stereocenters. The van der Waals surface area contributed by atoms with Crippen LogP contribution in [0.2, 0.25) is 0 Å². The lowest BCUT2D eigenvalue weighted by Crippen LogP contribution is -2.42. The Bertz CT molecular complexity index is 635. The largest absolute Gasteiger partial charge is 0.444 e. The first-order chi connectivity index (χ1) is 11.2. The number of hydrogen-bond acceptors (Lipinski definition) is 4. The van der Waals surface area contributed by atoms with Gasteiger partial charge in [0.25, 0.3) is 0 Å². The first-order valence-corrected chi connectivity index (χ1v) is 8.05. The third-order valence-electron chi connectivity index (χ3n) is 4.19. The van der Waals surface area contributed by atoms with E-state index >= 15 is 0 Å². The second kappa shape index (κ2) is 7.17. The van der Waals surface area contributed by atoms with Crippen LogP contribution in [-0.4, -0.2) is 22.3 Å². The summed E-state index contributed by atoms with van der Waals surface area (Å²) in [6, 6.07) is 11.5. The number of benzene rings is 1. The zero-order chi connectivity index (χ0) is 16.1. The Morgan fingerprint density at radius 1 is 1.26 bits per heavy atom. The number of ether oxygens (including phenoxy) is 1. The van der Waals surface area contributed by atoms with E-state index in [9.17, 15) is 4.79 Å². The molecule has 1 aromatic heterocycles. The van der Waals surface area contributed by atoms with Crippen LogP contribution >= 0.6 is 0 Å². The van der Waals surface area contributed by atoms with E-state index in [2.05, 4.69) is 10.2 Å². The minimum Gasteiger partial charge on any atom is -0.444 e. The van der Waals surface area contributed by atoms with E-state index in [0.29, 0.717) is 11.6 Å². The summed E-state index contributed by atoms with van der Waals surface area (Å²) in [6.07, 6.45) is 5.05. The highest BCUT2D eigenvalue weighted by Gasteiger charge is 2.29. The average Bonchev–Trinajstić information content (AvgIpc) is 3.01. The molecule has 1 aliphatic carbocycles. The van der Waals surface area contributed by atoms with E-state index in [0.717, 1.165) is 31.2 Å². The monoisotopic (exact) mass is 314 g/mol. The Morgan fingerprint density at radius 2 is 2.00 bits per heavy atom. The van der Waals surface area contributed by atoms with Gasteiger partial charge in [-0.25, -0.2) is 4.79 Å². The van der Waals surface area contributed by atoms with Gasteiger partial charge in [0.2, 0.25) is 0 Å². The molecule has 122 valence electrons. The smallest absolute Gasteiger partial charge is 0.416 e. The van der Waals surface area contributed by atoms with Crippen molar-refractivity contribution in [3.63, 3.8) is 0 Å². The lowest BCUT2D eigenvalue weighted by Gasteiger charge is -2.32. The van der Waals surface area contributed by atoms with Gasteiger partial charge in [0, 0.05) is 12.1 Å². The summed E-state index contributed by atoms with van der Waals surface area (Å²) in [5.74, 6) is 0.976. The molecule has 1 saturated carbocycles. The second-order valence-electron chi connectivity index (χ2n) is 5.88. The average molecular weight is 314 g/mol. The maximum atomic E-state index is 12.6. The van der Waals surface area contributed by atoms with E-state index < -0.39 is 0 Å². The summed E-state index contributed by atoms with van der Waals surface area (Å²) in [4.78, 5) is 14.3. The molecule has 3 rings (SSSR count). The predicted octanol–water partition coefficient (Wildman–Crippen LogP) is 3.47. The van der Waals surface area contributed by atoms with Gasteiger partial charge in [-0.05, 0) is 18.4 Å². The number of amides is 1. The zero-order valence-corrected chi connectivity index (χ0v) is 13.1. The lowest BCUT2D eigenvalue weighted by atomic mass is 9.94. The maximum absolute atomic E-state index is 12.6. The molecule has 0 radical (unpaired) electrons. The SMILES string of the molecule is Nc1cc(N(C(=O)OCc2ccccc2)C2CCCCC2)[nH]n1. The molecule has 0 bridgehead atoms. The van der Waals surface area contributed by atoms with E-state index in [-0.39, 0.29) is 18.7 Å². The molecule has 0 aliphatic heterocycles. The number of nitrogens with one attached hydrogen (secondary N) is 1. The molecule has 1 amide bonds. The third kappa shape index (κ3) is 3.83. The number of nitrogen functional groups attached to an aromatic ring is 1. The highest BCUT2D eigenvalue weighted by Crippen LogP contribution is 2.27.